The van der Waals surface area contributed by atoms with E-state index in [0.717, 1.165) is 33.8 Å². The van der Waals surface area contributed by atoms with Crippen molar-refractivity contribution in [2.45, 2.75) is 18.7 Å². The maximum atomic E-state index is 13.7. The predicted octanol–water partition coefficient (Wildman–Crippen LogP) is 4.12. The van der Waals surface area contributed by atoms with Gasteiger partial charge in [0.05, 0.1) is 17.4 Å². The summed E-state index contributed by atoms with van der Waals surface area (Å²) in [5, 5.41) is 1.97. The van der Waals surface area contributed by atoms with Crippen molar-refractivity contribution in [3.8, 4) is 5.75 Å². The first-order valence-corrected chi connectivity index (χ1v) is 10.1. The number of nitrogens with zero attached hydrogens (tertiary/aromatic N) is 2. The first-order chi connectivity index (χ1) is 14.6. The van der Waals surface area contributed by atoms with E-state index in [9.17, 15) is 4.79 Å². The topological polar surface area (TPSA) is 44.8 Å². The molecule has 3 aromatic carbocycles. The van der Waals surface area contributed by atoms with Gasteiger partial charge in [-0.3, -0.25) is 4.79 Å². The molecular formula is C25H21N3O2. The summed E-state index contributed by atoms with van der Waals surface area (Å²) >= 11 is 0. The fourth-order valence-corrected chi connectivity index (χ4v) is 4.73. The number of carbonyl (C=O) groups is 1. The van der Waals surface area contributed by atoms with Gasteiger partial charge in [0.1, 0.15) is 5.75 Å². The predicted molar refractivity (Wildman–Crippen MR) is 115 cm³/mol. The van der Waals surface area contributed by atoms with Crippen LogP contribution in [0.3, 0.4) is 0 Å². The molecule has 0 saturated carbocycles. The number of ether oxygens (including phenoxy) is 1. The second-order valence-electron chi connectivity index (χ2n) is 8.04. The largest absolute Gasteiger partial charge is 0.457 e. The van der Waals surface area contributed by atoms with Crippen molar-refractivity contribution < 1.29 is 9.53 Å². The van der Waals surface area contributed by atoms with Crippen LogP contribution in [0.2, 0.25) is 0 Å². The van der Waals surface area contributed by atoms with Gasteiger partial charge in [-0.05, 0) is 30.7 Å². The molecule has 30 heavy (non-hydrogen) atoms. The normalized spacial score (nSPS) is 24.1. The Labute approximate surface area is 175 Å². The Morgan fingerprint density at radius 2 is 1.70 bits per heavy atom. The summed E-state index contributed by atoms with van der Waals surface area (Å²) in [7, 11) is 1.80. The van der Waals surface area contributed by atoms with Crippen molar-refractivity contribution in [2.24, 2.45) is 0 Å². The maximum absolute atomic E-state index is 13.7. The fraction of sp³-hybridized carbons (Fsp3) is 0.160. The standard InChI is InChI=1S/C25H21N3O2/c1-16-11-13-17(14-12-16)20-15-22-18-7-3-6-10-23(18)30-25(28(22)26-20)19-8-4-5-9-21(19)27(2)24(25)29/h3-15,22,26H,1-2H3/t22-,25+/m0/s1. The summed E-state index contributed by atoms with van der Waals surface area (Å²) in [6.45, 7) is 2.08. The van der Waals surface area contributed by atoms with Crippen molar-refractivity contribution >= 4 is 17.3 Å². The third kappa shape index (κ3) is 2.13. The first-order valence-electron chi connectivity index (χ1n) is 10.1. The number of aryl methyl sites for hydroxylation is 1. The molecule has 3 aliphatic rings. The molecule has 1 N–H and O–H groups in total. The van der Waals surface area contributed by atoms with Gasteiger partial charge in [0.25, 0.3) is 11.6 Å². The summed E-state index contributed by atoms with van der Waals surface area (Å²) in [6.07, 6.45) is 2.18. The summed E-state index contributed by atoms with van der Waals surface area (Å²) in [6, 6.07) is 24.1. The molecule has 0 bridgehead atoms. The van der Waals surface area contributed by atoms with Crippen LogP contribution in [0.5, 0.6) is 5.75 Å². The number of rotatable bonds is 1. The second-order valence-corrected chi connectivity index (χ2v) is 8.04. The van der Waals surface area contributed by atoms with Gasteiger partial charge in [0.15, 0.2) is 0 Å². The van der Waals surface area contributed by atoms with E-state index in [1.165, 1.54) is 5.56 Å². The lowest BCUT2D eigenvalue weighted by atomic mass is 9.95. The van der Waals surface area contributed by atoms with E-state index in [0.29, 0.717) is 0 Å². The van der Waals surface area contributed by atoms with E-state index in [2.05, 4.69) is 48.8 Å². The van der Waals surface area contributed by atoms with Crippen LogP contribution in [-0.2, 0) is 10.5 Å². The molecule has 0 radical (unpaired) electrons. The van der Waals surface area contributed by atoms with E-state index in [-0.39, 0.29) is 11.9 Å². The number of anilines is 1. The molecule has 0 saturated heterocycles. The smallest absolute Gasteiger partial charge is 0.293 e. The Morgan fingerprint density at radius 1 is 0.967 bits per heavy atom. The Hall–Kier alpha value is -3.57. The van der Waals surface area contributed by atoms with E-state index >= 15 is 0 Å². The maximum Gasteiger partial charge on any atom is 0.293 e. The van der Waals surface area contributed by atoms with Crippen LogP contribution < -0.4 is 15.1 Å². The van der Waals surface area contributed by atoms with E-state index in [1.807, 2.05) is 47.5 Å². The summed E-state index contributed by atoms with van der Waals surface area (Å²) < 4.78 is 6.55. The molecule has 148 valence electrons. The van der Waals surface area contributed by atoms with Gasteiger partial charge in [0, 0.05) is 18.2 Å². The number of amides is 1. The van der Waals surface area contributed by atoms with E-state index < -0.39 is 5.72 Å². The van der Waals surface area contributed by atoms with Crippen molar-refractivity contribution in [2.75, 3.05) is 11.9 Å². The van der Waals surface area contributed by atoms with Crippen LogP contribution in [0.15, 0.2) is 78.9 Å². The number of hydrogen-bond acceptors (Lipinski definition) is 4. The highest BCUT2D eigenvalue weighted by Gasteiger charge is 2.62. The molecule has 1 spiro atoms. The Morgan fingerprint density at radius 3 is 2.53 bits per heavy atom. The van der Waals surface area contributed by atoms with E-state index in [4.69, 9.17) is 4.74 Å². The van der Waals surface area contributed by atoms with Crippen LogP contribution in [0.1, 0.15) is 28.3 Å². The van der Waals surface area contributed by atoms with Gasteiger partial charge >= 0.3 is 0 Å². The highest BCUT2D eigenvalue weighted by atomic mass is 16.5. The zero-order chi connectivity index (χ0) is 20.5. The fourth-order valence-electron chi connectivity index (χ4n) is 4.73. The number of carbonyl (C=O) groups excluding carboxylic acids is 1. The van der Waals surface area contributed by atoms with E-state index in [1.54, 1.807) is 11.9 Å². The number of hydrogen-bond donors (Lipinski definition) is 1. The number of hydrazine groups is 1. The molecular weight excluding hydrogens is 374 g/mol. The number of para-hydroxylation sites is 2. The second kappa shape index (κ2) is 5.97. The Balaban J connectivity index is 1.56. The number of likely N-dealkylation sites (N-methyl/N-ethyl adjacent to an activating group) is 1. The molecule has 2 atom stereocenters. The molecule has 0 aliphatic carbocycles. The third-order valence-electron chi connectivity index (χ3n) is 6.27. The lowest BCUT2D eigenvalue weighted by Gasteiger charge is -2.45. The van der Waals surface area contributed by atoms with Crippen LogP contribution in [0, 0.1) is 6.92 Å². The highest BCUT2D eigenvalue weighted by Crippen LogP contribution is 2.53. The first kappa shape index (κ1) is 17.3. The Kier molecular flexibility index (Phi) is 3.44. The van der Waals surface area contributed by atoms with Gasteiger partial charge in [-0.1, -0.05) is 66.2 Å². The average molecular weight is 395 g/mol. The zero-order valence-electron chi connectivity index (χ0n) is 16.8. The zero-order valence-corrected chi connectivity index (χ0v) is 16.8. The molecule has 3 heterocycles. The Bertz CT molecular complexity index is 1220. The minimum Gasteiger partial charge on any atom is -0.457 e. The van der Waals surface area contributed by atoms with Crippen molar-refractivity contribution in [3.63, 3.8) is 0 Å². The van der Waals surface area contributed by atoms with Crippen molar-refractivity contribution in [3.05, 3.63) is 101 Å². The summed E-state index contributed by atoms with van der Waals surface area (Å²) in [5.74, 6) is 0.634. The molecule has 5 heteroatoms. The molecule has 0 fully saturated rings. The molecule has 0 aromatic heterocycles. The van der Waals surface area contributed by atoms with Crippen molar-refractivity contribution in [1.82, 2.24) is 10.4 Å². The highest BCUT2D eigenvalue weighted by molar-refractivity contribution is 6.07. The molecule has 3 aliphatic heterocycles. The van der Waals surface area contributed by atoms with Crippen LogP contribution >= 0.6 is 0 Å². The van der Waals surface area contributed by atoms with Crippen LogP contribution in [0.4, 0.5) is 5.69 Å². The minimum absolute atomic E-state index is 0.103. The van der Waals surface area contributed by atoms with Gasteiger partial charge in [-0.25, -0.2) is 0 Å². The summed E-state index contributed by atoms with van der Waals surface area (Å²) in [5.41, 5.74) is 8.28. The quantitative estimate of drug-likeness (QED) is 0.673. The van der Waals surface area contributed by atoms with Crippen molar-refractivity contribution in [1.29, 1.82) is 0 Å². The SMILES string of the molecule is Cc1ccc(C2=C[C@H]3c4ccccc4O[C@]4(C(=O)N(C)c5ccccc54)N3N2)cc1. The lowest BCUT2D eigenvalue weighted by Crippen LogP contribution is -2.61. The number of benzene rings is 3. The summed E-state index contributed by atoms with van der Waals surface area (Å²) in [4.78, 5) is 15.4. The lowest BCUT2D eigenvalue weighted by molar-refractivity contribution is -0.167. The number of fused-ring (bicyclic) bond motifs is 6. The average Bonchev–Trinajstić information content (AvgIpc) is 3.31. The van der Waals surface area contributed by atoms with Crippen LogP contribution in [-0.4, -0.2) is 18.0 Å². The van der Waals surface area contributed by atoms with Gasteiger partial charge < -0.3 is 15.1 Å². The van der Waals surface area contributed by atoms with Gasteiger partial charge in [-0.15, -0.1) is 0 Å². The van der Waals surface area contributed by atoms with Crippen LogP contribution in [0.25, 0.3) is 5.70 Å². The number of nitrogens with one attached hydrogen (secondary N) is 1. The molecule has 6 rings (SSSR count). The van der Waals surface area contributed by atoms with Gasteiger partial charge in [0.2, 0.25) is 0 Å². The molecule has 5 nitrogen and oxygen atoms in total. The monoisotopic (exact) mass is 395 g/mol. The third-order valence-corrected chi connectivity index (χ3v) is 6.27. The van der Waals surface area contributed by atoms with Gasteiger partial charge in [-0.2, -0.15) is 5.01 Å². The molecule has 0 unspecified atom stereocenters. The minimum atomic E-state index is -1.26. The molecule has 3 aromatic rings. The molecule has 1 amide bonds.